The first-order valence-corrected chi connectivity index (χ1v) is 13.0. The van der Waals surface area contributed by atoms with E-state index < -0.39 is 0 Å². The highest BCUT2D eigenvalue weighted by Gasteiger charge is 2.25. The van der Waals surface area contributed by atoms with E-state index in [-0.39, 0.29) is 0 Å². The van der Waals surface area contributed by atoms with Crippen LogP contribution in [0.5, 0.6) is 0 Å². The van der Waals surface area contributed by atoms with Crippen LogP contribution in [-0.2, 0) is 11.2 Å². The van der Waals surface area contributed by atoms with E-state index in [4.69, 9.17) is 10.00 Å². The molecule has 0 saturated heterocycles. The van der Waals surface area contributed by atoms with Crippen LogP contribution in [0.1, 0.15) is 107 Å². The molecule has 2 aliphatic rings. The molecule has 0 aliphatic heterocycles. The molecule has 0 heterocycles. The summed E-state index contributed by atoms with van der Waals surface area (Å²) in [5.74, 6) is 2.35. The van der Waals surface area contributed by atoms with Gasteiger partial charge in [-0.15, -0.1) is 0 Å². The van der Waals surface area contributed by atoms with Gasteiger partial charge >= 0.3 is 0 Å². The zero-order valence-electron chi connectivity index (χ0n) is 19.7. The van der Waals surface area contributed by atoms with Crippen LogP contribution in [0.4, 0.5) is 0 Å². The van der Waals surface area contributed by atoms with Crippen LogP contribution in [0.3, 0.4) is 0 Å². The third kappa shape index (κ3) is 8.46. The van der Waals surface area contributed by atoms with E-state index in [0.29, 0.717) is 6.10 Å². The molecular weight excluding hydrogens is 378 g/mol. The Bertz CT molecular complexity index is 670. The zero-order chi connectivity index (χ0) is 21.7. The van der Waals surface area contributed by atoms with E-state index in [9.17, 15) is 0 Å². The third-order valence-corrected chi connectivity index (χ3v) is 7.66. The molecular formula is C29H43NO. The number of benzene rings is 1. The van der Waals surface area contributed by atoms with Crippen molar-refractivity contribution in [3.05, 3.63) is 47.5 Å². The van der Waals surface area contributed by atoms with Crippen LogP contribution >= 0.6 is 0 Å². The van der Waals surface area contributed by atoms with E-state index >= 15 is 0 Å². The summed E-state index contributed by atoms with van der Waals surface area (Å²) in [5.41, 5.74) is 3.06. The molecule has 2 saturated carbocycles. The number of hydrogen-bond acceptors (Lipinski definition) is 2. The highest BCUT2D eigenvalue weighted by atomic mass is 16.5. The van der Waals surface area contributed by atoms with E-state index in [1.807, 2.05) is 6.08 Å². The first-order valence-electron chi connectivity index (χ1n) is 13.0. The number of nitrogens with zero attached hydrogens (tertiary/aromatic N) is 1. The lowest BCUT2D eigenvalue weighted by molar-refractivity contribution is -0.00824. The highest BCUT2D eigenvalue weighted by molar-refractivity contribution is 5.26. The minimum atomic E-state index is 0.490. The van der Waals surface area contributed by atoms with Gasteiger partial charge in [0.2, 0.25) is 0 Å². The summed E-state index contributed by atoms with van der Waals surface area (Å²) in [7, 11) is 0. The molecule has 170 valence electrons. The molecule has 0 bridgehead atoms. The maximum Gasteiger partial charge on any atom is 0.0908 e. The standard InChI is InChI=1S/C29H43NO/c1-2-3-5-8-24-10-16-27(17-11-24)28-18-12-26(13-19-28)23-31-29-20-14-25(15-21-29)9-6-4-7-22-30/h4,7,10-11,16-17,25-26,28-29H,2-3,5-6,8-9,12-15,18-21,23H2,1H3/b7-4+. The second kappa shape index (κ2) is 13.7. The lowest BCUT2D eigenvalue weighted by Gasteiger charge is -2.32. The maximum absolute atomic E-state index is 8.57. The summed E-state index contributed by atoms with van der Waals surface area (Å²) in [6, 6.07) is 11.6. The van der Waals surface area contributed by atoms with E-state index in [0.717, 1.165) is 30.8 Å². The molecule has 0 N–H and O–H groups in total. The molecule has 31 heavy (non-hydrogen) atoms. The summed E-state index contributed by atoms with van der Waals surface area (Å²) in [4.78, 5) is 0. The topological polar surface area (TPSA) is 33.0 Å². The summed E-state index contributed by atoms with van der Waals surface area (Å²) in [6.45, 7) is 3.25. The average Bonchev–Trinajstić information content (AvgIpc) is 2.82. The quantitative estimate of drug-likeness (QED) is 0.267. The van der Waals surface area contributed by atoms with Crippen LogP contribution in [-0.4, -0.2) is 12.7 Å². The Morgan fingerprint density at radius 2 is 1.65 bits per heavy atom. The van der Waals surface area contributed by atoms with Gasteiger partial charge in [-0.25, -0.2) is 0 Å². The van der Waals surface area contributed by atoms with Crippen molar-refractivity contribution in [1.29, 1.82) is 5.26 Å². The Morgan fingerprint density at radius 3 is 2.32 bits per heavy atom. The molecule has 0 radical (unpaired) electrons. The molecule has 0 atom stereocenters. The third-order valence-electron chi connectivity index (χ3n) is 7.66. The van der Waals surface area contributed by atoms with Crippen molar-refractivity contribution in [1.82, 2.24) is 0 Å². The van der Waals surface area contributed by atoms with E-state index in [2.05, 4.69) is 37.3 Å². The molecule has 0 spiro atoms. The summed E-state index contributed by atoms with van der Waals surface area (Å²) in [6.07, 6.45) is 22.0. The monoisotopic (exact) mass is 421 g/mol. The van der Waals surface area contributed by atoms with Gasteiger partial charge in [0.05, 0.1) is 12.2 Å². The molecule has 2 nitrogen and oxygen atoms in total. The fraction of sp³-hybridized carbons (Fsp3) is 0.690. The van der Waals surface area contributed by atoms with Gasteiger partial charge in [-0.1, -0.05) is 50.1 Å². The molecule has 1 aromatic carbocycles. The maximum atomic E-state index is 8.57. The van der Waals surface area contributed by atoms with Crippen molar-refractivity contribution < 1.29 is 4.74 Å². The number of hydrogen-bond donors (Lipinski definition) is 0. The molecule has 2 fully saturated rings. The lowest BCUT2D eigenvalue weighted by atomic mass is 9.78. The number of allylic oxidation sites excluding steroid dienone is 2. The molecule has 0 unspecified atom stereocenters. The normalized spacial score (nSPS) is 26.7. The predicted octanol–water partition coefficient (Wildman–Crippen LogP) is 8.13. The predicted molar refractivity (Wildman–Crippen MR) is 130 cm³/mol. The molecule has 2 heteroatoms. The van der Waals surface area contributed by atoms with Crippen LogP contribution < -0.4 is 0 Å². The summed E-state index contributed by atoms with van der Waals surface area (Å²) >= 11 is 0. The van der Waals surface area contributed by atoms with Crippen molar-refractivity contribution in [2.75, 3.05) is 6.61 Å². The molecule has 2 aliphatic carbocycles. The summed E-state index contributed by atoms with van der Waals surface area (Å²) in [5, 5.41) is 8.57. The van der Waals surface area contributed by atoms with Crippen LogP contribution in [0.25, 0.3) is 0 Å². The molecule has 3 rings (SSSR count). The largest absolute Gasteiger partial charge is 0.378 e. The van der Waals surface area contributed by atoms with Crippen molar-refractivity contribution in [2.45, 2.75) is 109 Å². The van der Waals surface area contributed by atoms with Gasteiger partial charge in [-0.2, -0.15) is 5.26 Å². The second-order valence-electron chi connectivity index (χ2n) is 10.0. The number of nitriles is 1. The Morgan fingerprint density at radius 1 is 0.935 bits per heavy atom. The Hall–Kier alpha value is -1.59. The van der Waals surface area contributed by atoms with Crippen molar-refractivity contribution in [2.24, 2.45) is 11.8 Å². The van der Waals surface area contributed by atoms with E-state index in [1.165, 1.54) is 89.0 Å². The first-order chi connectivity index (χ1) is 15.3. The smallest absolute Gasteiger partial charge is 0.0908 e. The van der Waals surface area contributed by atoms with Gasteiger partial charge in [0.1, 0.15) is 0 Å². The highest BCUT2D eigenvalue weighted by Crippen LogP contribution is 2.37. The summed E-state index contributed by atoms with van der Waals surface area (Å²) < 4.78 is 6.36. The minimum Gasteiger partial charge on any atom is -0.378 e. The Kier molecular flexibility index (Phi) is 10.7. The van der Waals surface area contributed by atoms with Gasteiger partial charge in [0.25, 0.3) is 0 Å². The SMILES string of the molecule is CCCCCc1ccc(C2CCC(COC3CCC(CC/C=C/C#N)CC3)CC2)cc1. The molecule has 0 aromatic heterocycles. The van der Waals surface area contributed by atoms with Crippen molar-refractivity contribution >= 4 is 0 Å². The number of unbranched alkanes of at least 4 members (excludes halogenated alkanes) is 2. The average molecular weight is 422 g/mol. The van der Waals surface area contributed by atoms with Crippen LogP contribution in [0, 0.1) is 23.2 Å². The number of ether oxygens (including phenoxy) is 1. The van der Waals surface area contributed by atoms with Crippen molar-refractivity contribution in [3.8, 4) is 6.07 Å². The Labute approximate surface area is 191 Å². The first kappa shape index (κ1) is 24.1. The molecule has 0 amide bonds. The lowest BCUT2D eigenvalue weighted by Crippen LogP contribution is -2.25. The van der Waals surface area contributed by atoms with Gasteiger partial charge in [-0.3, -0.25) is 0 Å². The van der Waals surface area contributed by atoms with Crippen LogP contribution in [0.15, 0.2) is 36.4 Å². The van der Waals surface area contributed by atoms with Gasteiger partial charge in [0.15, 0.2) is 0 Å². The molecule has 1 aromatic rings. The van der Waals surface area contributed by atoms with Crippen molar-refractivity contribution in [3.63, 3.8) is 0 Å². The van der Waals surface area contributed by atoms with E-state index in [1.54, 1.807) is 11.6 Å². The second-order valence-corrected chi connectivity index (χ2v) is 10.0. The van der Waals surface area contributed by atoms with Gasteiger partial charge in [-0.05, 0) is 106 Å². The van der Waals surface area contributed by atoms with Gasteiger partial charge in [0, 0.05) is 12.7 Å². The Balaban J connectivity index is 1.29. The van der Waals surface area contributed by atoms with Gasteiger partial charge < -0.3 is 4.74 Å². The number of aryl methyl sites for hydroxylation is 1. The fourth-order valence-electron chi connectivity index (χ4n) is 5.53. The minimum absolute atomic E-state index is 0.490. The fourth-order valence-corrected chi connectivity index (χ4v) is 5.53. The zero-order valence-corrected chi connectivity index (χ0v) is 19.7. The van der Waals surface area contributed by atoms with Crippen LogP contribution in [0.2, 0.25) is 0 Å². The number of rotatable bonds is 11.